The zero-order valence-corrected chi connectivity index (χ0v) is 19.0. The number of carbonyl (C=O) groups is 2. The lowest BCUT2D eigenvalue weighted by molar-refractivity contribution is -0.116. The fourth-order valence-electron chi connectivity index (χ4n) is 3.99. The molecule has 1 atom stereocenters. The normalized spacial score (nSPS) is 20.7. The number of nitrogens with zero attached hydrogens (tertiary/aromatic N) is 2. The van der Waals surface area contributed by atoms with Crippen LogP contribution in [-0.2, 0) is 24.8 Å². The third-order valence-corrected chi connectivity index (χ3v) is 9.50. The van der Waals surface area contributed by atoms with Gasteiger partial charge in [0, 0.05) is 18.3 Å². The van der Waals surface area contributed by atoms with Crippen molar-refractivity contribution < 1.29 is 26.4 Å². The standard InChI is InChI=1S/C21H23N3O6S2/c1-15-6-4-5-13-23(15)31(27,28)17-11-9-16(10-12-17)22-20(25)14-24-21(26)18-7-2-3-8-19(18)32(24,29)30/h2-3,7-12,15H,4-6,13-14H2,1H3,(H,22,25). The molecule has 2 heterocycles. The van der Waals surface area contributed by atoms with Crippen molar-refractivity contribution >= 4 is 37.5 Å². The molecule has 0 spiro atoms. The SMILES string of the molecule is CC1CCCCN1S(=O)(=O)c1ccc(NC(=O)CN2C(=O)c3ccccc3S2(=O)=O)cc1. The van der Waals surface area contributed by atoms with Crippen molar-refractivity contribution in [1.29, 1.82) is 0 Å². The topological polar surface area (TPSA) is 121 Å². The van der Waals surface area contributed by atoms with Gasteiger partial charge in [0.2, 0.25) is 15.9 Å². The van der Waals surface area contributed by atoms with E-state index in [-0.39, 0.29) is 21.4 Å². The summed E-state index contributed by atoms with van der Waals surface area (Å²) in [7, 11) is -7.73. The molecule has 32 heavy (non-hydrogen) atoms. The van der Waals surface area contributed by atoms with Gasteiger partial charge in [-0.15, -0.1) is 0 Å². The zero-order valence-electron chi connectivity index (χ0n) is 17.4. The third-order valence-electron chi connectivity index (χ3n) is 5.69. The van der Waals surface area contributed by atoms with Gasteiger partial charge in [-0.3, -0.25) is 9.59 Å². The summed E-state index contributed by atoms with van der Waals surface area (Å²) in [6, 6.07) is 11.4. The maximum absolute atomic E-state index is 12.9. The van der Waals surface area contributed by atoms with Crippen molar-refractivity contribution in [1.82, 2.24) is 8.61 Å². The summed E-state index contributed by atoms with van der Waals surface area (Å²) in [6.45, 7) is 1.68. The highest BCUT2D eigenvalue weighted by Crippen LogP contribution is 2.30. The minimum absolute atomic E-state index is 0.0294. The van der Waals surface area contributed by atoms with Gasteiger partial charge in [-0.25, -0.2) is 21.1 Å². The maximum atomic E-state index is 12.9. The smallest absolute Gasteiger partial charge is 0.269 e. The number of anilines is 1. The van der Waals surface area contributed by atoms with Crippen LogP contribution >= 0.6 is 0 Å². The number of nitrogens with one attached hydrogen (secondary N) is 1. The van der Waals surface area contributed by atoms with E-state index in [0.29, 0.717) is 16.5 Å². The van der Waals surface area contributed by atoms with Crippen molar-refractivity contribution in [2.45, 2.75) is 42.0 Å². The molecule has 2 aromatic rings. The lowest BCUT2D eigenvalue weighted by Crippen LogP contribution is -2.41. The van der Waals surface area contributed by atoms with Crippen LogP contribution < -0.4 is 5.32 Å². The van der Waals surface area contributed by atoms with E-state index in [0.717, 1.165) is 19.3 Å². The molecule has 4 rings (SSSR count). The Kier molecular flexibility index (Phi) is 5.82. The van der Waals surface area contributed by atoms with Crippen LogP contribution in [0.3, 0.4) is 0 Å². The van der Waals surface area contributed by atoms with E-state index < -0.39 is 38.4 Å². The van der Waals surface area contributed by atoms with Gasteiger partial charge in [-0.2, -0.15) is 4.31 Å². The minimum Gasteiger partial charge on any atom is -0.325 e. The Labute approximate surface area is 187 Å². The Morgan fingerprint density at radius 2 is 1.78 bits per heavy atom. The predicted octanol–water partition coefficient (Wildman–Crippen LogP) is 2.03. The highest BCUT2D eigenvalue weighted by atomic mass is 32.2. The average Bonchev–Trinajstić information content (AvgIpc) is 2.95. The van der Waals surface area contributed by atoms with Crippen molar-refractivity contribution in [2.24, 2.45) is 0 Å². The number of piperidine rings is 1. The number of hydrogen-bond acceptors (Lipinski definition) is 6. The fourth-order valence-corrected chi connectivity index (χ4v) is 7.22. The number of sulfonamides is 2. The van der Waals surface area contributed by atoms with Crippen molar-refractivity contribution in [3.8, 4) is 0 Å². The Balaban J connectivity index is 1.45. The van der Waals surface area contributed by atoms with E-state index >= 15 is 0 Å². The summed E-state index contributed by atoms with van der Waals surface area (Å²) in [6.07, 6.45) is 2.63. The number of hydrogen-bond donors (Lipinski definition) is 1. The molecule has 2 aromatic carbocycles. The van der Waals surface area contributed by atoms with Gasteiger partial charge in [0.25, 0.3) is 15.9 Å². The van der Waals surface area contributed by atoms with Crippen LogP contribution in [0.5, 0.6) is 0 Å². The van der Waals surface area contributed by atoms with E-state index in [9.17, 15) is 26.4 Å². The van der Waals surface area contributed by atoms with Crippen LogP contribution in [0.25, 0.3) is 0 Å². The monoisotopic (exact) mass is 477 g/mol. The molecular weight excluding hydrogens is 454 g/mol. The van der Waals surface area contributed by atoms with E-state index in [4.69, 9.17) is 0 Å². The lowest BCUT2D eigenvalue weighted by atomic mass is 10.1. The van der Waals surface area contributed by atoms with Crippen LogP contribution in [0, 0.1) is 0 Å². The fraction of sp³-hybridized carbons (Fsp3) is 0.333. The van der Waals surface area contributed by atoms with Gasteiger partial charge in [0.1, 0.15) is 11.4 Å². The molecule has 0 radical (unpaired) electrons. The van der Waals surface area contributed by atoms with E-state index in [1.54, 1.807) is 6.07 Å². The molecule has 1 N–H and O–H groups in total. The molecule has 2 aliphatic rings. The van der Waals surface area contributed by atoms with Crippen LogP contribution in [0.1, 0.15) is 36.5 Å². The number of amides is 2. The first-order valence-electron chi connectivity index (χ1n) is 10.2. The van der Waals surface area contributed by atoms with Gasteiger partial charge in [-0.1, -0.05) is 18.6 Å². The van der Waals surface area contributed by atoms with E-state index in [1.807, 2.05) is 6.92 Å². The molecule has 0 saturated carbocycles. The molecule has 0 bridgehead atoms. The summed E-state index contributed by atoms with van der Waals surface area (Å²) < 4.78 is 53.0. The second-order valence-corrected chi connectivity index (χ2v) is 11.6. The van der Waals surface area contributed by atoms with Gasteiger partial charge >= 0.3 is 0 Å². The molecule has 11 heteroatoms. The van der Waals surface area contributed by atoms with E-state index in [2.05, 4.69) is 5.32 Å². The molecule has 0 aliphatic carbocycles. The van der Waals surface area contributed by atoms with Gasteiger partial charge in [-0.05, 0) is 56.2 Å². The Bertz CT molecular complexity index is 1270. The summed E-state index contributed by atoms with van der Waals surface area (Å²) in [5, 5.41) is 2.52. The number of carbonyl (C=O) groups excluding carboxylic acids is 2. The van der Waals surface area contributed by atoms with Crippen LogP contribution in [-0.4, -0.2) is 56.4 Å². The van der Waals surface area contributed by atoms with Gasteiger partial charge < -0.3 is 5.32 Å². The third kappa shape index (κ3) is 3.91. The van der Waals surface area contributed by atoms with Crippen LogP contribution in [0.4, 0.5) is 5.69 Å². The Morgan fingerprint density at radius 1 is 1.09 bits per heavy atom. The lowest BCUT2D eigenvalue weighted by Gasteiger charge is -2.32. The molecule has 170 valence electrons. The van der Waals surface area contributed by atoms with Crippen LogP contribution in [0.15, 0.2) is 58.3 Å². The molecular formula is C21H23N3O6S2. The molecule has 2 aliphatic heterocycles. The number of benzene rings is 2. The van der Waals surface area contributed by atoms with Crippen molar-refractivity contribution in [3.05, 3.63) is 54.1 Å². The Morgan fingerprint density at radius 3 is 2.44 bits per heavy atom. The largest absolute Gasteiger partial charge is 0.325 e. The minimum atomic E-state index is -4.09. The highest BCUT2D eigenvalue weighted by molar-refractivity contribution is 7.90. The summed E-state index contributed by atoms with van der Waals surface area (Å²) in [4.78, 5) is 24.9. The second kappa shape index (κ2) is 8.30. The molecule has 1 saturated heterocycles. The molecule has 1 unspecified atom stereocenters. The van der Waals surface area contributed by atoms with Crippen LogP contribution in [0.2, 0.25) is 0 Å². The zero-order chi connectivity index (χ0) is 23.1. The van der Waals surface area contributed by atoms with Crippen molar-refractivity contribution in [3.63, 3.8) is 0 Å². The molecule has 0 aromatic heterocycles. The average molecular weight is 478 g/mol. The van der Waals surface area contributed by atoms with E-state index in [1.165, 1.54) is 46.8 Å². The Hall–Kier alpha value is -2.76. The highest BCUT2D eigenvalue weighted by Gasteiger charge is 2.41. The first-order chi connectivity index (χ1) is 15.1. The second-order valence-electron chi connectivity index (χ2n) is 7.85. The van der Waals surface area contributed by atoms with Gasteiger partial charge in [0.15, 0.2) is 0 Å². The number of fused-ring (bicyclic) bond motifs is 1. The summed E-state index contributed by atoms with van der Waals surface area (Å²) >= 11 is 0. The summed E-state index contributed by atoms with van der Waals surface area (Å²) in [5.74, 6) is -1.47. The molecule has 9 nitrogen and oxygen atoms in total. The predicted molar refractivity (Wildman–Crippen MR) is 117 cm³/mol. The number of rotatable bonds is 5. The maximum Gasteiger partial charge on any atom is 0.269 e. The quantitative estimate of drug-likeness (QED) is 0.703. The van der Waals surface area contributed by atoms with Gasteiger partial charge in [0.05, 0.1) is 10.5 Å². The van der Waals surface area contributed by atoms with Crippen molar-refractivity contribution in [2.75, 3.05) is 18.4 Å². The first-order valence-corrected chi connectivity index (χ1v) is 13.1. The molecule has 1 fully saturated rings. The summed E-state index contributed by atoms with van der Waals surface area (Å²) in [5.41, 5.74) is 0.323. The molecule has 2 amide bonds. The first kappa shape index (κ1) is 22.4.